The van der Waals surface area contributed by atoms with Crippen molar-refractivity contribution in [3.8, 4) is 0 Å². The van der Waals surface area contributed by atoms with Gasteiger partial charge in [-0.3, -0.25) is 24.1 Å². The van der Waals surface area contributed by atoms with Gasteiger partial charge in [0.05, 0.1) is 18.6 Å². The van der Waals surface area contributed by atoms with E-state index in [1.807, 2.05) is 65.9 Å². The molecule has 1 aliphatic heterocycles. The first-order chi connectivity index (χ1) is 24.7. The van der Waals surface area contributed by atoms with Crippen molar-refractivity contribution in [3.63, 3.8) is 0 Å². The van der Waals surface area contributed by atoms with E-state index in [1.54, 1.807) is 24.3 Å². The van der Waals surface area contributed by atoms with Crippen LogP contribution in [0.1, 0.15) is 106 Å². The number of carbonyl (C=O) groups excluding carboxylic acids is 3. The zero-order valence-electron chi connectivity index (χ0n) is 32.3. The van der Waals surface area contributed by atoms with E-state index in [0.29, 0.717) is 17.8 Å². The molecule has 7 atom stereocenters. The Balaban J connectivity index is 1.79. The number of hydrogen-bond donors (Lipinski definition) is 4. The van der Waals surface area contributed by atoms with Gasteiger partial charge in [0.25, 0.3) is 5.91 Å². The molecule has 7 unspecified atom stereocenters. The zero-order chi connectivity index (χ0) is 38.5. The topological polar surface area (TPSA) is 161 Å². The fraction of sp³-hybridized carbons (Fsp3) is 0.667. The molecule has 0 aliphatic carbocycles. The second-order valence-electron chi connectivity index (χ2n) is 14.9. The zero-order valence-corrected chi connectivity index (χ0v) is 33.1. The molecular weight excluding hydrogens is 683 g/mol. The van der Waals surface area contributed by atoms with Crippen LogP contribution < -0.4 is 10.6 Å². The third kappa shape index (κ3) is 12.3. The average Bonchev–Trinajstić information content (AvgIpc) is 3.61. The number of aryl methyl sites for hydroxylation is 1. The first-order valence-electron chi connectivity index (χ1n) is 18.7. The summed E-state index contributed by atoms with van der Waals surface area (Å²) in [6, 6.07) is 6.01. The fourth-order valence-electron chi connectivity index (χ4n) is 6.77. The van der Waals surface area contributed by atoms with Crippen molar-refractivity contribution in [1.29, 1.82) is 0 Å². The Labute approximate surface area is 313 Å². The van der Waals surface area contributed by atoms with E-state index in [-0.39, 0.29) is 61.4 Å². The second-order valence-corrected chi connectivity index (χ2v) is 15.7. The maximum Gasteiger partial charge on any atom is 0.306 e. The Morgan fingerprint density at radius 2 is 1.77 bits per heavy atom. The van der Waals surface area contributed by atoms with Crippen molar-refractivity contribution in [3.05, 3.63) is 51.5 Å². The largest absolute Gasteiger partial charge is 0.481 e. The number of rotatable bonds is 20. The normalized spacial score (nSPS) is 18.5. The van der Waals surface area contributed by atoms with Crippen molar-refractivity contribution in [2.75, 3.05) is 33.9 Å². The summed E-state index contributed by atoms with van der Waals surface area (Å²) < 4.78 is 5.40. The van der Waals surface area contributed by atoms with Gasteiger partial charge in [0.1, 0.15) is 22.8 Å². The number of aliphatic carboxylic acids is 1. The summed E-state index contributed by atoms with van der Waals surface area (Å²) in [4.78, 5) is 61.3. The number of likely N-dealkylation sites (tertiary alicyclic amines) is 1. The highest BCUT2D eigenvalue weighted by Crippen LogP contribution is 2.29. The number of ether oxygens (including phenoxy) is 1. The minimum Gasteiger partial charge on any atom is -0.481 e. The molecule has 0 bridgehead atoms. The monoisotopic (exact) mass is 743 g/mol. The Morgan fingerprint density at radius 1 is 1.08 bits per heavy atom. The lowest BCUT2D eigenvalue weighted by Gasteiger charge is -2.39. The van der Waals surface area contributed by atoms with Crippen LogP contribution in [0.4, 0.5) is 0 Å². The maximum atomic E-state index is 14.4. The summed E-state index contributed by atoms with van der Waals surface area (Å²) >= 11 is 1.16. The molecule has 1 saturated heterocycles. The molecule has 290 valence electrons. The molecule has 0 saturated carbocycles. The van der Waals surface area contributed by atoms with Gasteiger partial charge in [0.2, 0.25) is 11.8 Å². The summed E-state index contributed by atoms with van der Waals surface area (Å²) in [5.74, 6) is -2.58. The first-order valence-corrected chi connectivity index (χ1v) is 19.6. The predicted octanol–water partition coefficient (Wildman–Crippen LogP) is 4.84. The Hall–Kier alpha value is -3.39. The van der Waals surface area contributed by atoms with Crippen LogP contribution in [0.5, 0.6) is 0 Å². The fourth-order valence-corrected chi connectivity index (χ4v) is 7.57. The number of amides is 3. The highest BCUT2D eigenvalue weighted by molar-refractivity contribution is 7.09. The molecular formula is C39H61N5O7S. The lowest BCUT2D eigenvalue weighted by Crippen LogP contribution is -2.59. The number of hydrogen-bond acceptors (Lipinski definition) is 9. The molecule has 1 aromatic carbocycles. The smallest absolute Gasteiger partial charge is 0.306 e. The first kappa shape index (κ1) is 43.0. The third-order valence-electron chi connectivity index (χ3n) is 10.3. The Morgan fingerprint density at radius 3 is 2.37 bits per heavy atom. The van der Waals surface area contributed by atoms with Crippen molar-refractivity contribution in [2.24, 2.45) is 17.8 Å². The van der Waals surface area contributed by atoms with E-state index >= 15 is 0 Å². The maximum absolute atomic E-state index is 14.4. The number of carboxylic acids is 1. The predicted molar refractivity (Wildman–Crippen MR) is 203 cm³/mol. The molecule has 3 amide bonds. The van der Waals surface area contributed by atoms with E-state index in [2.05, 4.69) is 20.5 Å². The van der Waals surface area contributed by atoms with Crippen LogP contribution in [-0.2, 0) is 25.5 Å². The van der Waals surface area contributed by atoms with Crippen LogP contribution in [0.15, 0.2) is 29.6 Å². The number of aliphatic hydroxyl groups is 1. The molecule has 1 fully saturated rings. The van der Waals surface area contributed by atoms with Crippen LogP contribution in [0, 0.1) is 24.7 Å². The van der Waals surface area contributed by atoms with Crippen LogP contribution >= 0.6 is 11.3 Å². The molecule has 1 aliphatic rings. The molecule has 4 N–H and O–H groups in total. The minimum absolute atomic E-state index is 0.0605. The number of carbonyl (C=O) groups is 4. The number of nitrogens with zero attached hydrogens (tertiary/aromatic N) is 3. The summed E-state index contributed by atoms with van der Waals surface area (Å²) in [7, 11) is 3.52. The van der Waals surface area contributed by atoms with Crippen LogP contribution in [-0.4, -0.2) is 107 Å². The SMILES string of the molecule is CCC(C)C(NC(=O)C1CCCCN1C)C(=O)N(CCOC)C(CC(O)c1nc(C(=O)NC(Cc2ccc(C)cc2)CC(C)C(=O)O)cs1)C(C)C. The molecule has 13 heteroatoms. The average molecular weight is 744 g/mol. The summed E-state index contributed by atoms with van der Waals surface area (Å²) in [6.07, 6.45) is 3.25. The van der Waals surface area contributed by atoms with Gasteiger partial charge in [-0.25, -0.2) is 4.98 Å². The number of likely N-dealkylation sites (N-methyl/N-ethyl adjacent to an activating group) is 1. The van der Waals surface area contributed by atoms with Gasteiger partial charge < -0.3 is 30.5 Å². The van der Waals surface area contributed by atoms with Crippen LogP contribution in [0.2, 0.25) is 0 Å². The highest BCUT2D eigenvalue weighted by Gasteiger charge is 2.38. The van der Waals surface area contributed by atoms with Gasteiger partial charge >= 0.3 is 5.97 Å². The van der Waals surface area contributed by atoms with Crippen molar-refractivity contribution < 1.29 is 34.1 Å². The number of methoxy groups -OCH3 is 1. The molecule has 2 aromatic rings. The van der Waals surface area contributed by atoms with Gasteiger partial charge in [-0.05, 0) is 63.6 Å². The molecule has 0 spiro atoms. The number of benzene rings is 1. The molecule has 0 radical (unpaired) electrons. The molecule has 12 nitrogen and oxygen atoms in total. The Kier molecular flexibility index (Phi) is 17.2. The van der Waals surface area contributed by atoms with Gasteiger partial charge in [-0.2, -0.15) is 0 Å². The molecule has 2 heterocycles. The van der Waals surface area contributed by atoms with E-state index in [9.17, 15) is 29.4 Å². The highest BCUT2D eigenvalue weighted by atomic mass is 32.1. The van der Waals surface area contributed by atoms with Crippen molar-refractivity contribution >= 4 is 35.0 Å². The van der Waals surface area contributed by atoms with Crippen molar-refractivity contribution in [1.82, 2.24) is 25.4 Å². The summed E-state index contributed by atoms with van der Waals surface area (Å²) in [5, 5.41) is 29.1. The quantitative estimate of drug-likeness (QED) is 0.149. The Bertz CT molecular complexity index is 1450. The molecule has 52 heavy (non-hydrogen) atoms. The second kappa shape index (κ2) is 20.7. The van der Waals surface area contributed by atoms with Gasteiger partial charge in [0.15, 0.2) is 0 Å². The van der Waals surface area contributed by atoms with Crippen molar-refractivity contribution in [2.45, 2.75) is 117 Å². The summed E-state index contributed by atoms with van der Waals surface area (Å²) in [6.45, 7) is 13.0. The van der Waals surface area contributed by atoms with Crippen LogP contribution in [0.3, 0.4) is 0 Å². The number of nitrogens with one attached hydrogen (secondary N) is 2. The standard InChI is InChI=1S/C39H61N5O7S/c1-9-26(5)34(42-36(47)31-12-10-11-17-43(31)7)38(48)44(18-19-51-8)32(24(2)3)22-33(45)37-41-30(23-52-37)35(46)40-29(20-27(6)39(49)50)21-28-15-13-25(4)14-16-28/h13-16,23-24,26-27,29,31-34,45H,9-12,17-22H2,1-8H3,(H,40,46)(H,42,47)(H,49,50). The number of piperidine rings is 1. The van der Waals surface area contributed by atoms with Gasteiger partial charge in [-0.15, -0.1) is 11.3 Å². The third-order valence-corrected chi connectivity index (χ3v) is 11.3. The van der Waals surface area contributed by atoms with E-state index in [0.717, 1.165) is 48.3 Å². The number of aromatic nitrogens is 1. The van der Waals surface area contributed by atoms with Gasteiger partial charge in [0, 0.05) is 37.5 Å². The summed E-state index contributed by atoms with van der Waals surface area (Å²) in [5.41, 5.74) is 2.22. The lowest BCUT2D eigenvalue weighted by molar-refractivity contribution is -0.143. The molecule has 3 rings (SSSR count). The van der Waals surface area contributed by atoms with E-state index in [4.69, 9.17) is 4.74 Å². The lowest BCUT2D eigenvalue weighted by atomic mass is 9.92. The number of aliphatic hydroxyl groups excluding tert-OH is 1. The minimum atomic E-state index is -1.07. The van der Waals surface area contributed by atoms with Gasteiger partial charge in [-0.1, -0.05) is 77.3 Å². The molecule has 1 aromatic heterocycles. The van der Waals surface area contributed by atoms with Crippen LogP contribution in [0.25, 0.3) is 0 Å². The number of carboxylic acid groups (broad SMARTS) is 1. The number of thiazole rings is 1. The van der Waals surface area contributed by atoms with E-state index in [1.165, 1.54) is 0 Å². The van der Waals surface area contributed by atoms with E-state index < -0.39 is 42.0 Å².